The van der Waals surface area contributed by atoms with Crippen LogP contribution in [0.15, 0.2) is 24.3 Å². The highest BCUT2D eigenvalue weighted by molar-refractivity contribution is 14.1. The number of methoxy groups -OCH3 is 1. The van der Waals surface area contributed by atoms with E-state index in [0.29, 0.717) is 29.4 Å². The molecule has 0 saturated heterocycles. The van der Waals surface area contributed by atoms with Crippen molar-refractivity contribution in [1.29, 1.82) is 0 Å². The Hall–Kier alpha value is -1.28. The predicted octanol–water partition coefficient (Wildman–Crippen LogP) is 3.54. The van der Waals surface area contributed by atoms with Gasteiger partial charge in [0.25, 0.3) is 0 Å². The zero-order chi connectivity index (χ0) is 16.0. The number of hydrogen-bond donors (Lipinski definition) is 0. The zero-order valence-electron chi connectivity index (χ0n) is 12.6. The zero-order valence-corrected chi connectivity index (χ0v) is 14.7. The Balaban J connectivity index is 3.01. The lowest BCUT2D eigenvalue weighted by Crippen LogP contribution is -2.17. The molecule has 0 amide bonds. The number of halogens is 1. The van der Waals surface area contributed by atoms with E-state index < -0.39 is 5.97 Å². The summed E-state index contributed by atoms with van der Waals surface area (Å²) in [5, 5.41) is 0. The average Bonchev–Trinajstić information content (AvgIpc) is 2.41. The van der Waals surface area contributed by atoms with E-state index in [1.165, 1.54) is 7.11 Å². The molecule has 5 nitrogen and oxygen atoms in total. The summed E-state index contributed by atoms with van der Waals surface area (Å²) in [6, 6.07) is 3.34. The van der Waals surface area contributed by atoms with Gasteiger partial charge in [-0.15, -0.1) is 0 Å². The first-order valence-corrected chi connectivity index (χ1v) is 7.50. The minimum atomic E-state index is -0.500. The van der Waals surface area contributed by atoms with E-state index in [9.17, 15) is 4.79 Å². The largest absolute Gasteiger partial charge is 0.493 e. The second kappa shape index (κ2) is 8.23. The summed E-state index contributed by atoms with van der Waals surface area (Å²) in [5.74, 6) is 0.832. The molecule has 1 unspecified atom stereocenters. The Morgan fingerprint density at radius 3 is 2.52 bits per heavy atom. The molecule has 1 aromatic carbocycles. The molecule has 0 aliphatic carbocycles. The number of rotatable bonds is 7. The third kappa shape index (κ3) is 5.20. The van der Waals surface area contributed by atoms with Crippen LogP contribution in [0.25, 0.3) is 0 Å². The molecule has 0 N–H and O–H groups in total. The maximum atomic E-state index is 11.6. The lowest BCUT2D eigenvalue weighted by Gasteiger charge is -2.17. The van der Waals surface area contributed by atoms with Crippen molar-refractivity contribution in [2.45, 2.75) is 27.1 Å². The van der Waals surface area contributed by atoms with Crippen molar-refractivity contribution in [2.75, 3.05) is 13.7 Å². The van der Waals surface area contributed by atoms with E-state index in [4.69, 9.17) is 18.9 Å². The molecular weight excluding hydrogens is 387 g/mol. The van der Waals surface area contributed by atoms with E-state index >= 15 is 0 Å². The molecule has 0 aromatic heterocycles. The van der Waals surface area contributed by atoms with E-state index in [1.54, 1.807) is 26.0 Å². The number of ether oxygens (including phenoxy) is 4. The lowest BCUT2D eigenvalue weighted by atomic mass is 10.3. The Morgan fingerprint density at radius 2 is 2.00 bits per heavy atom. The van der Waals surface area contributed by atoms with Crippen molar-refractivity contribution in [1.82, 2.24) is 0 Å². The van der Waals surface area contributed by atoms with Gasteiger partial charge in [0.1, 0.15) is 5.75 Å². The van der Waals surface area contributed by atoms with Crippen molar-refractivity contribution in [3.63, 3.8) is 0 Å². The third-order valence-electron chi connectivity index (χ3n) is 2.46. The van der Waals surface area contributed by atoms with Gasteiger partial charge in [0.15, 0.2) is 17.8 Å². The Labute approximate surface area is 138 Å². The standard InChI is InChI=1S/C15H19IO5/c1-6-19-10(4)20-12-8-13(18-5)14(7-11(12)16)21-15(17)9(2)3/h7-8,10H,2,6H2,1,3-5H3. The quantitative estimate of drug-likeness (QED) is 0.228. The smallest absolute Gasteiger partial charge is 0.338 e. The van der Waals surface area contributed by atoms with Gasteiger partial charge in [-0.3, -0.25) is 0 Å². The van der Waals surface area contributed by atoms with Crippen LogP contribution < -0.4 is 14.2 Å². The number of carbonyl (C=O) groups is 1. The SMILES string of the molecule is C=C(C)C(=O)Oc1cc(I)c(OC(C)OCC)cc1OC. The summed E-state index contributed by atoms with van der Waals surface area (Å²) in [7, 11) is 1.50. The molecule has 0 bridgehead atoms. The molecule has 1 rings (SSSR count). The summed E-state index contributed by atoms with van der Waals surface area (Å²) >= 11 is 2.10. The third-order valence-corrected chi connectivity index (χ3v) is 3.31. The first-order valence-electron chi connectivity index (χ1n) is 6.42. The van der Waals surface area contributed by atoms with Crippen LogP contribution in [-0.2, 0) is 9.53 Å². The fourth-order valence-electron chi connectivity index (χ4n) is 1.48. The highest BCUT2D eigenvalue weighted by atomic mass is 127. The van der Waals surface area contributed by atoms with Crippen LogP contribution in [-0.4, -0.2) is 26.0 Å². The highest BCUT2D eigenvalue weighted by Crippen LogP contribution is 2.36. The van der Waals surface area contributed by atoms with Gasteiger partial charge >= 0.3 is 5.97 Å². The summed E-state index contributed by atoms with van der Waals surface area (Å²) < 4.78 is 22.2. The minimum absolute atomic E-state index is 0.317. The second-order valence-electron chi connectivity index (χ2n) is 4.24. The van der Waals surface area contributed by atoms with Crippen LogP contribution in [0.1, 0.15) is 20.8 Å². The molecule has 0 spiro atoms. The van der Waals surface area contributed by atoms with Gasteiger partial charge in [-0.25, -0.2) is 4.79 Å². The summed E-state index contributed by atoms with van der Waals surface area (Å²) in [4.78, 5) is 11.6. The first kappa shape index (κ1) is 17.8. The average molecular weight is 406 g/mol. The predicted molar refractivity (Wildman–Crippen MR) is 87.9 cm³/mol. The Bertz CT molecular complexity index is 527. The normalized spacial score (nSPS) is 11.7. The summed E-state index contributed by atoms with van der Waals surface area (Å²) in [6.45, 7) is 9.39. The van der Waals surface area contributed by atoms with Crippen LogP contribution in [0, 0.1) is 3.57 Å². The molecule has 0 saturated carbocycles. The van der Waals surface area contributed by atoms with E-state index in [1.807, 2.05) is 6.92 Å². The molecule has 0 aliphatic heterocycles. The van der Waals surface area contributed by atoms with Crippen LogP contribution in [0.4, 0.5) is 0 Å². The van der Waals surface area contributed by atoms with Crippen LogP contribution in [0.5, 0.6) is 17.2 Å². The summed E-state index contributed by atoms with van der Waals surface area (Å²) in [6.07, 6.45) is -0.378. The molecule has 21 heavy (non-hydrogen) atoms. The van der Waals surface area contributed by atoms with Crippen molar-refractivity contribution in [2.24, 2.45) is 0 Å². The number of hydrogen-bond acceptors (Lipinski definition) is 5. The Kier molecular flexibility index (Phi) is 6.97. The fraction of sp³-hybridized carbons (Fsp3) is 0.400. The van der Waals surface area contributed by atoms with Gasteiger partial charge in [-0.2, -0.15) is 0 Å². The van der Waals surface area contributed by atoms with Crippen LogP contribution >= 0.6 is 22.6 Å². The molecular formula is C15H19IO5. The molecule has 1 aromatic rings. The molecule has 1 atom stereocenters. The van der Waals surface area contributed by atoms with Crippen molar-refractivity contribution in [3.8, 4) is 17.2 Å². The van der Waals surface area contributed by atoms with Crippen LogP contribution in [0.2, 0.25) is 0 Å². The van der Waals surface area contributed by atoms with Gasteiger partial charge in [-0.05, 0) is 43.4 Å². The minimum Gasteiger partial charge on any atom is -0.493 e. The number of carbonyl (C=O) groups excluding carboxylic acids is 1. The van der Waals surface area contributed by atoms with Gasteiger partial charge in [0.05, 0.1) is 10.7 Å². The van der Waals surface area contributed by atoms with Crippen LogP contribution in [0.3, 0.4) is 0 Å². The van der Waals surface area contributed by atoms with Gasteiger partial charge in [0, 0.05) is 24.3 Å². The van der Waals surface area contributed by atoms with E-state index in [-0.39, 0.29) is 6.29 Å². The van der Waals surface area contributed by atoms with Gasteiger partial charge in [-0.1, -0.05) is 6.58 Å². The molecule has 0 aliphatic rings. The topological polar surface area (TPSA) is 54.0 Å². The molecule has 0 radical (unpaired) electrons. The highest BCUT2D eigenvalue weighted by Gasteiger charge is 2.16. The van der Waals surface area contributed by atoms with E-state index in [2.05, 4.69) is 29.2 Å². The molecule has 6 heteroatoms. The maximum absolute atomic E-state index is 11.6. The number of benzene rings is 1. The van der Waals surface area contributed by atoms with Crippen molar-refractivity contribution < 1.29 is 23.7 Å². The number of esters is 1. The van der Waals surface area contributed by atoms with Crippen molar-refractivity contribution in [3.05, 3.63) is 27.9 Å². The van der Waals surface area contributed by atoms with Crippen molar-refractivity contribution >= 4 is 28.6 Å². The van der Waals surface area contributed by atoms with E-state index in [0.717, 1.165) is 3.57 Å². The Morgan fingerprint density at radius 1 is 1.33 bits per heavy atom. The first-order chi connectivity index (χ1) is 9.88. The fourth-order valence-corrected chi connectivity index (χ4v) is 2.05. The van der Waals surface area contributed by atoms with Gasteiger partial charge < -0.3 is 18.9 Å². The molecule has 0 fully saturated rings. The second-order valence-corrected chi connectivity index (χ2v) is 5.41. The molecule has 0 heterocycles. The lowest BCUT2D eigenvalue weighted by molar-refractivity contribution is -0.130. The summed E-state index contributed by atoms with van der Waals surface area (Å²) in [5.41, 5.74) is 0.317. The maximum Gasteiger partial charge on any atom is 0.338 e. The van der Waals surface area contributed by atoms with Gasteiger partial charge in [0.2, 0.25) is 0 Å². The monoisotopic (exact) mass is 406 g/mol. The molecule has 116 valence electrons.